The molecule has 2 unspecified atom stereocenters. The normalized spacial score (nSPS) is 17.5. The first kappa shape index (κ1) is 24.1. The number of amides is 1. The second-order valence-corrected chi connectivity index (χ2v) is 7.80. The molecule has 3 aromatic rings. The number of rotatable bonds is 8. The number of nitrogens with zero attached hydrogens (tertiary/aromatic N) is 2. The van der Waals surface area contributed by atoms with Crippen LogP contribution in [0.4, 0.5) is 4.39 Å². The quantitative estimate of drug-likeness (QED) is 0.498. The van der Waals surface area contributed by atoms with E-state index in [1.165, 1.54) is 6.07 Å². The number of nitriles is 1. The molecule has 11 heteroatoms. The minimum Gasteiger partial charge on any atom is -0.497 e. The van der Waals surface area contributed by atoms with E-state index >= 15 is 0 Å². The largest absolute Gasteiger partial charge is 0.497 e. The van der Waals surface area contributed by atoms with Gasteiger partial charge in [-0.25, -0.2) is 9.37 Å². The highest BCUT2D eigenvalue weighted by Gasteiger charge is 2.24. The van der Waals surface area contributed by atoms with E-state index in [-0.39, 0.29) is 61.4 Å². The number of aromatic nitrogens is 2. The maximum absolute atomic E-state index is 14.5. The Bertz CT molecular complexity index is 1310. The van der Waals surface area contributed by atoms with Gasteiger partial charge in [0, 0.05) is 6.54 Å². The van der Waals surface area contributed by atoms with Crippen LogP contribution in [0.15, 0.2) is 41.2 Å². The lowest BCUT2D eigenvalue weighted by Crippen LogP contribution is -2.38. The molecular formula is C24H23FN4O6. The van der Waals surface area contributed by atoms with Gasteiger partial charge in [-0.1, -0.05) is 12.1 Å². The fraction of sp³-hybridized carbons (Fsp3) is 0.333. The molecule has 4 rings (SSSR count). The number of fused-ring (bicyclic) bond motifs is 1. The standard InChI is InChI=1S/C24H23FN4O6/c1-32-15-4-2-3-14(9-15)10-27-24(31)22-28-19-6-5-18(25)21(20(19)23(30)29-22)35-13-17-12-33-16(7-8-26)11-34-17/h2-6,9,16-17H,7,10-13H2,1H3,(H,27,31)(H,28,29,30). The molecule has 1 aromatic heterocycles. The van der Waals surface area contributed by atoms with Crippen LogP contribution in [0.25, 0.3) is 10.9 Å². The lowest BCUT2D eigenvalue weighted by Gasteiger charge is -2.28. The van der Waals surface area contributed by atoms with Crippen LogP contribution in [-0.4, -0.2) is 55.0 Å². The van der Waals surface area contributed by atoms with E-state index in [9.17, 15) is 14.0 Å². The topological polar surface area (TPSA) is 136 Å². The van der Waals surface area contributed by atoms with Gasteiger partial charge < -0.3 is 29.2 Å². The van der Waals surface area contributed by atoms with Gasteiger partial charge in [-0.15, -0.1) is 0 Å². The number of hydrogen-bond donors (Lipinski definition) is 2. The number of ether oxygens (including phenoxy) is 4. The summed E-state index contributed by atoms with van der Waals surface area (Å²) >= 11 is 0. The van der Waals surface area contributed by atoms with Crippen LogP contribution in [0.5, 0.6) is 11.5 Å². The van der Waals surface area contributed by atoms with Crippen LogP contribution in [0, 0.1) is 17.1 Å². The molecule has 0 bridgehead atoms. The molecular weight excluding hydrogens is 459 g/mol. The first-order chi connectivity index (χ1) is 17.0. The van der Waals surface area contributed by atoms with Crippen LogP contribution in [0.3, 0.4) is 0 Å². The molecule has 2 aromatic carbocycles. The van der Waals surface area contributed by atoms with Gasteiger partial charge in [0.25, 0.3) is 11.5 Å². The van der Waals surface area contributed by atoms with Crippen molar-refractivity contribution in [1.82, 2.24) is 15.3 Å². The summed E-state index contributed by atoms with van der Waals surface area (Å²) in [5.74, 6) is -1.20. The minimum atomic E-state index is -0.751. The van der Waals surface area contributed by atoms with Crippen molar-refractivity contribution in [3.63, 3.8) is 0 Å². The maximum Gasteiger partial charge on any atom is 0.287 e. The van der Waals surface area contributed by atoms with Gasteiger partial charge in [0.05, 0.1) is 44.4 Å². The first-order valence-electron chi connectivity index (χ1n) is 10.8. The van der Waals surface area contributed by atoms with E-state index < -0.39 is 23.4 Å². The van der Waals surface area contributed by atoms with Crippen molar-refractivity contribution in [2.75, 3.05) is 26.9 Å². The molecule has 1 amide bonds. The van der Waals surface area contributed by atoms with E-state index in [0.717, 1.165) is 11.6 Å². The van der Waals surface area contributed by atoms with Crippen molar-refractivity contribution in [3.8, 4) is 17.6 Å². The van der Waals surface area contributed by atoms with E-state index in [0.29, 0.717) is 5.75 Å². The van der Waals surface area contributed by atoms with Crippen molar-refractivity contribution in [1.29, 1.82) is 5.26 Å². The van der Waals surface area contributed by atoms with Crippen molar-refractivity contribution in [2.24, 2.45) is 0 Å². The van der Waals surface area contributed by atoms with E-state index in [1.54, 1.807) is 25.3 Å². The molecule has 0 saturated carbocycles. The number of methoxy groups -OCH3 is 1. The molecule has 0 aliphatic carbocycles. The predicted octanol–water partition coefficient (Wildman–Crippen LogP) is 2.08. The number of carbonyl (C=O) groups excluding carboxylic acids is 1. The third-order valence-corrected chi connectivity index (χ3v) is 5.35. The third kappa shape index (κ3) is 5.74. The molecule has 2 N–H and O–H groups in total. The highest BCUT2D eigenvalue weighted by molar-refractivity contribution is 5.93. The second kappa shape index (κ2) is 10.9. The summed E-state index contributed by atoms with van der Waals surface area (Å²) in [5, 5.41) is 11.3. The van der Waals surface area contributed by atoms with E-state index in [4.69, 9.17) is 24.2 Å². The van der Waals surface area contributed by atoms with Gasteiger partial charge in [-0.3, -0.25) is 9.59 Å². The lowest BCUT2D eigenvalue weighted by atomic mass is 10.2. The number of hydrogen-bond acceptors (Lipinski definition) is 8. The molecule has 182 valence electrons. The Hall–Kier alpha value is -4.01. The second-order valence-electron chi connectivity index (χ2n) is 7.80. The van der Waals surface area contributed by atoms with E-state index in [1.807, 2.05) is 12.1 Å². The predicted molar refractivity (Wildman–Crippen MR) is 122 cm³/mol. The lowest BCUT2D eigenvalue weighted by molar-refractivity contribution is -0.140. The Morgan fingerprint density at radius 1 is 1.29 bits per heavy atom. The average molecular weight is 482 g/mol. The highest BCUT2D eigenvalue weighted by Crippen LogP contribution is 2.26. The van der Waals surface area contributed by atoms with Gasteiger partial charge in [0.15, 0.2) is 17.4 Å². The van der Waals surface area contributed by atoms with Gasteiger partial charge >= 0.3 is 0 Å². The maximum atomic E-state index is 14.5. The van der Waals surface area contributed by atoms with E-state index in [2.05, 4.69) is 15.3 Å². The van der Waals surface area contributed by atoms with Crippen LogP contribution < -0.4 is 20.3 Å². The average Bonchev–Trinajstić information content (AvgIpc) is 2.88. The molecule has 1 fully saturated rings. The van der Waals surface area contributed by atoms with Crippen molar-refractivity contribution < 1.29 is 28.1 Å². The van der Waals surface area contributed by atoms with Crippen LogP contribution in [0.2, 0.25) is 0 Å². The summed E-state index contributed by atoms with van der Waals surface area (Å²) < 4.78 is 36.4. The molecule has 0 spiro atoms. The van der Waals surface area contributed by atoms with Crippen molar-refractivity contribution >= 4 is 16.8 Å². The van der Waals surface area contributed by atoms with Gasteiger partial charge in [-0.2, -0.15) is 5.26 Å². The van der Waals surface area contributed by atoms with Crippen LogP contribution in [0.1, 0.15) is 22.6 Å². The molecule has 0 radical (unpaired) electrons. The summed E-state index contributed by atoms with van der Waals surface area (Å²) in [7, 11) is 1.55. The zero-order valence-corrected chi connectivity index (χ0v) is 18.9. The number of halogens is 1. The Labute approximate surface area is 199 Å². The summed E-state index contributed by atoms with van der Waals surface area (Å²) in [6.45, 7) is 0.507. The minimum absolute atomic E-state index is 0.0719. The molecule has 2 heterocycles. The van der Waals surface area contributed by atoms with Gasteiger partial charge in [0.2, 0.25) is 0 Å². The molecule has 2 atom stereocenters. The molecule has 1 aliphatic heterocycles. The number of aromatic amines is 1. The van der Waals surface area contributed by atoms with Crippen LogP contribution in [-0.2, 0) is 16.0 Å². The Balaban J connectivity index is 1.47. The highest BCUT2D eigenvalue weighted by atomic mass is 19.1. The zero-order valence-electron chi connectivity index (χ0n) is 18.9. The summed E-state index contributed by atoms with van der Waals surface area (Å²) in [6, 6.07) is 11.6. The van der Waals surface area contributed by atoms with Gasteiger partial charge in [-0.05, 0) is 29.8 Å². The van der Waals surface area contributed by atoms with Crippen molar-refractivity contribution in [3.05, 3.63) is 64.0 Å². The summed E-state index contributed by atoms with van der Waals surface area (Å²) in [5.41, 5.74) is 0.184. The Morgan fingerprint density at radius 2 is 2.09 bits per heavy atom. The SMILES string of the molecule is COc1cccc(CNC(=O)c2nc3ccc(F)c(OCC4COC(CC#N)CO4)c3c(=O)[nH]2)c1. The number of nitrogens with one attached hydrogen (secondary N) is 2. The number of benzene rings is 2. The molecule has 1 aliphatic rings. The third-order valence-electron chi connectivity index (χ3n) is 5.35. The van der Waals surface area contributed by atoms with Crippen molar-refractivity contribution in [2.45, 2.75) is 25.2 Å². The Kier molecular flexibility index (Phi) is 7.54. The monoisotopic (exact) mass is 482 g/mol. The number of carbonyl (C=O) groups is 1. The molecule has 10 nitrogen and oxygen atoms in total. The fourth-order valence-corrected chi connectivity index (χ4v) is 3.55. The smallest absolute Gasteiger partial charge is 0.287 e. The Morgan fingerprint density at radius 3 is 2.83 bits per heavy atom. The molecule has 35 heavy (non-hydrogen) atoms. The summed E-state index contributed by atoms with van der Waals surface area (Å²) in [6.07, 6.45) is -0.596. The molecule has 1 saturated heterocycles. The summed E-state index contributed by atoms with van der Waals surface area (Å²) in [4.78, 5) is 32.0. The van der Waals surface area contributed by atoms with Gasteiger partial charge in [0.1, 0.15) is 23.8 Å². The van der Waals surface area contributed by atoms with Crippen LogP contribution >= 0.6 is 0 Å². The zero-order chi connectivity index (χ0) is 24.8. The first-order valence-corrected chi connectivity index (χ1v) is 10.8. The fourth-order valence-electron chi connectivity index (χ4n) is 3.55. The number of H-pyrrole nitrogens is 1.